The van der Waals surface area contributed by atoms with Crippen molar-refractivity contribution >= 4 is 16.8 Å². The summed E-state index contributed by atoms with van der Waals surface area (Å²) in [6.45, 7) is 0.717. The highest BCUT2D eigenvalue weighted by atomic mass is 16.3. The molecule has 4 nitrogen and oxygen atoms in total. The summed E-state index contributed by atoms with van der Waals surface area (Å²) in [6.07, 6.45) is 6.16. The number of benzene rings is 1. The molecule has 112 valence electrons. The highest BCUT2D eigenvalue weighted by Crippen LogP contribution is 2.37. The van der Waals surface area contributed by atoms with Crippen LogP contribution in [0.5, 0.6) is 0 Å². The van der Waals surface area contributed by atoms with Crippen LogP contribution >= 0.6 is 0 Å². The van der Waals surface area contributed by atoms with Crippen LogP contribution in [-0.4, -0.2) is 28.7 Å². The van der Waals surface area contributed by atoms with Gasteiger partial charge < -0.3 is 15.0 Å². The Morgan fingerprint density at radius 2 is 2.05 bits per heavy atom. The molecular formula is C17H22N2O2. The van der Waals surface area contributed by atoms with Crippen LogP contribution in [-0.2, 0) is 7.05 Å². The maximum atomic E-state index is 12.5. The highest BCUT2D eigenvalue weighted by molar-refractivity contribution is 6.06. The van der Waals surface area contributed by atoms with Crippen LogP contribution in [0.2, 0.25) is 0 Å². The predicted octanol–water partition coefficient (Wildman–Crippen LogP) is 2.46. The molecule has 1 aliphatic carbocycles. The predicted molar refractivity (Wildman–Crippen MR) is 83.2 cm³/mol. The molecule has 0 unspecified atom stereocenters. The average molecular weight is 286 g/mol. The standard InChI is InChI=1S/C17H22N2O2/c1-19-10-14(13-6-2-3-7-15(13)19)16(21)18-11-17(12-20)8-4-5-9-17/h2-3,6-7,10,20H,4-5,8-9,11-12H2,1H3,(H,18,21). The molecule has 3 rings (SSSR count). The summed E-state index contributed by atoms with van der Waals surface area (Å²) in [5.74, 6) is -0.0495. The summed E-state index contributed by atoms with van der Waals surface area (Å²) in [5, 5.41) is 13.6. The molecule has 1 fully saturated rings. The number of amides is 1. The quantitative estimate of drug-likeness (QED) is 0.907. The number of fused-ring (bicyclic) bond motifs is 1. The van der Waals surface area contributed by atoms with E-state index in [0.717, 1.165) is 36.6 Å². The summed E-state index contributed by atoms with van der Waals surface area (Å²) < 4.78 is 1.97. The van der Waals surface area contributed by atoms with Crippen LogP contribution < -0.4 is 5.32 Å². The van der Waals surface area contributed by atoms with Gasteiger partial charge in [0, 0.05) is 36.1 Å². The molecular weight excluding hydrogens is 264 g/mol. The molecule has 4 heteroatoms. The van der Waals surface area contributed by atoms with Gasteiger partial charge in [0.05, 0.1) is 12.2 Å². The largest absolute Gasteiger partial charge is 0.396 e. The Balaban J connectivity index is 1.78. The molecule has 0 saturated heterocycles. The van der Waals surface area contributed by atoms with Gasteiger partial charge in [0.1, 0.15) is 0 Å². The van der Waals surface area contributed by atoms with E-state index in [4.69, 9.17) is 0 Å². The molecule has 1 saturated carbocycles. The van der Waals surface area contributed by atoms with Gasteiger partial charge in [-0.3, -0.25) is 4.79 Å². The first-order chi connectivity index (χ1) is 10.2. The Hall–Kier alpha value is -1.81. The zero-order chi connectivity index (χ0) is 14.9. The summed E-state index contributed by atoms with van der Waals surface area (Å²) in [4.78, 5) is 12.5. The van der Waals surface area contributed by atoms with E-state index >= 15 is 0 Å². The first-order valence-electron chi connectivity index (χ1n) is 7.58. The number of rotatable bonds is 4. The SMILES string of the molecule is Cn1cc(C(=O)NCC2(CO)CCCC2)c2ccccc21. The van der Waals surface area contributed by atoms with Crippen LogP contribution in [0, 0.1) is 5.41 Å². The fourth-order valence-corrected chi connectivity index (χ4v) is 3.40. The lowest BCUT2D eigenvalue weighted by molar-refractivity contribution is 0.0882. The number of aliphatic hydroxyl groups excluding tert-OH is 1. The average Bonchev–Trinajstić information content (AvgIpc) is 3.11. The molecule has 2 aromatic rings. The Kier molecular flexibility index (Phi) is 3.72. The van der Waals surface area contributed by atoms with E-state index in [9.17, 15) is 9.90 Å². The summed E-state index contributed by atoms with van der Waals surface area (Å²) in [7, 11) is 1.95. The van der Waals surface area contributed by atoms with Crippen molar-refractivity contribution in [2.45, 2.75) is 25.7 Å². The Morgan fingerprint density at radius 1 is 1.33 bits per heavy atom. The monoisotopic (exact) mass is 286 g/mol. The van der Waals surface area contributed by atoms with Crippen LogP contribution in [0.3, 0.4) is 0 Å². The Morgan fingerprint density at radius 3 is 2.76 bits per heavy atom. The topological polar surface area (TPSA) is 54.3 Å². The molecule has 1 aliphatic rings. The number of hydrogen-bond acceptors (Lipinski definition) is 2. The van der Waals surface area contributed by atoms with E-state index in [1.165, 1.54) is 0 Å². The minimum absolute atomic E-state index is 0.0495. The van der Waals surface area contributed by atoms with Crippen molar-refractivity contribution in [1.29, 1.82) is 0 Å². The van der Waals surface area contributed by atoms with Crippen LogP contribution in [0.15, 0.2) is 30.5 Å². The highest BCUT2D eigenvalue weighted by Gasteiger charge is 2.33. The molecule has 0 spiro atoms. The van der Waals surface area contributed by atoms with Gasteiger partial charge in [-0.2, -0.15) is 0 Å². The van der Waals surface area contributed by atoms with E-state index in [1.807, 2.05) is 42.1 Å². The van der Waals surface area contributed by atoms with Crippen molar-refractivity contribution in [1.82, 2.24) is 9.88 Å². The number of para-hydroxylation sites is 1. The van der Waals surface area contributed by atoms with Crippen molar-refractivity contribution in [3.63, 3.8) is 0 Å². The molecule has 1 aromatic carbocycles. The van der Waals surface area contributed by atoms with Crippen molar-refractivity contribution in [2.75, 3.05) is 13.2 Å². The minimum Gasteiger partial charge on any atom is -0.396 e. The van der Waals surface area contributed by atoms with Crippen molar-refractivity contribution in [2.24, 2.45) is 12.5 Å². The van der Waals surface area contributed by atoms with Gasteiger partial charge in [-0.25, -0.2) is 0 Å². The molecule has 0 radical (unpaired) electrons. The van der Waals surface area contributed by atoms with Gasteiger partial charge in [0.2, 0.25) is 0 Å². The number of nitrogens with one attached hydrogen (secondary N) is 1. The number of hydrogen-bond donors (Lipinski definition) is 2. The molecule has 21 heavy (non-hydrogen) atoms. The van der Waals surface area contributed by atoms with Crippen molar-refractivity contribution in [3.8, 4) is 0 Å². The lowest BCUT2D eigenvalue weighted by Crippen LogP contribution is -2.38. The van der Waals surface area contributed by atoms with Crippen LogP contribution in [0.25, 0.3) is 10.9 Å². The fraction of sp³-hybridized carbons (Fsp3) is 0.471. The third kappa shape index (κ3) is 2.56. The van der Waals surface area contributed by atoms with Crippen LogP contribution in [0.4, 0.5) is 0 Å². The van der Waals surface area contributed by atoms with E-state index < -0.39 is 0 Å². The molecule has 1 aromatic heterocycles. The maximum Gasteiger partial charge on any atom is 0.253 e. The molecule has 0 bridgehead atoms. The fourth-order valence-electron chi connectivity index (χ4n) is 3.40. The number of nitrogens with zero attached hydrogens (tertiary/aromatic N) is 1. The van der Waals surface area contributed by atoms with Gasteiger partial charge in [-0.15, -0.1) is 0 Å². The Labute approximate surface area is 124 Å². The second-order valence-electron chi connectivity index (χ2n) is 6.22. The number of aromatic nitrogens is 1. The van der Waals surface area contributed by atoms with Crippen molar-refractivity contribution < 1.29 is 9.90 Å². The molecule has 2 N–H and O–H groups in total. The van der Waals surface area contributed by atoms with Gasteiger partial charge in [0.25, 0.3) is 5.91 Å². The normalized spacial score (nSPS) is 17.2. The first kappa shape index (κ1) is 14.1. The van der Waals surface area contributed by atoms with E-state index in [0.29, 0.717) is 12.1 Å². The summed E-state index contributed by atoms with van der Waals surface area (Å²) >= 11 is 0. The van der Waals surface area contributed by atoms with Gasteiger partial charge in [-0.1, -0.05) is 31.0 Å². The second kappa shape index (κ2) is 5.53. The number of carbonyl (C=O) groups excluding carboxylic acids is 1. The lowest BCUT2D eigenvalue weighted by Gasteiger charge is -2.26. The second-order valence-corrected chi connectivity index (χ2v) is 6.22. The summed E-state index contributed by atoms with van der Waals surface area (Å²) in [5.41, 5.74) is 1.65. The number of aliphatic hydroxyl groups is 1. The first-order valence-corrected chi connectivity index (χ1v) is 7.58. The third-order valence-corrected chi connectivity index (χ3v) is 4.77. The molecule has 1 amide bonds. The van der Waals surface area contributed by atoms with Crippen molar-refractivity contribution in [3.05, 3.63) is 36.0 Å². The van der Waals surface area contributed by atoms with Gasteiger partial charge in [0.15, 0.2) is 0 Å². The molecule has 0 atom stereocenters. The van der Waals surface area contributed by atoms with E-state index in [2.05, 4.69) is 5.32 Å². The number of aryl methyl sites for hydroxylation is 1. The lowest BCUT2D eigenvalue weighted by atomic mass is 9.87. The Bertz CT molecular complexity index is 654. The molecule has 1 heterocycles. The zero-order valence-electron chi connectivity index (χ0n) is 12.4. The zero-order valence-corrected chi connectivity index (χ0v) is 12.4. The van der Waals surface area contributed by atoms with E-state index in [1.54, 1.807) is 0 Å². The van der Waals surface area contributed by atoms with Crippen LogP contribution in [0.1, 0.15) is 36.0 Å². The summed E-state index contributed by atoms with van der Waals surface area (Å²) in [6, 6.07) is 7.91. The minimum atomic E-state index is -0.111. The van der Waals surface area contributed by atoms with Gasteiger partial charge in [-0.05, 0) is 18.9 Å². The third-order valence-electron chi connectivity index (χ3n) is 4.77. The molecule has 0 aliphatic heterocycles. The van der Waals surface area contributed by atoms with E-state index in [-0.39, 0.29) is 17.9 Å². The van der Waals surface area contributed by atoms with Gasteiger partial charge >= 0.3 is 0 Å². The maximum absolute atomic E-state index is 12.5. The number of carbonyl (C=O) groups is 1. The smallest absolute Gasteiger partial charge is 0.253 e.